The number of alkyl halides is 3. The van der Waals surface area contributed by atoms with Crippen molar-refractivity contribution in [2.24, 2.45) is 0 Å². The summed E-state index contributed by atoms with van der Waals surface area (Å²) in [5.41, 5.74) is -1.55. The lowest BCUT2D eigenvalue weighted by Gasteiger charge is -2.28. The molecular weight excluding hydrogens is 399 g/mol. The Hall–Kier alpha value is -3.81. The van der Waals surface area contributed by atoms with Gasteiger partial charge in [0.15, 0.2) is 11.5 Å². The Kier molecular flexibility index (Phi) is 5.77. The maximum absolute atomic E-state index is 13.2. The lowest BCUT2D eigenvalue weighted by atomic mass is 10.1. The molecule has 0 radical (unpaired) electrons. The standard InChI is InChI=1S/C19H16F3N7O/c1-4-28(12(2)16-26-11-27-29(16)18-24-6-5-7-25-18)17(30)13-8-14(19(20,21)22)10-15(9-13)23-3/h5-12H,4H2,1-2H3. The molecule has 154 valence electrons. The summed E-state index contributed by atoms with van der Waals surface area (Å²) in [7, 11) is 0. The molecule has 3 aromatic rings. The summed E-state index contributed by atoms with van der Waals surface area (Å²) in [4.78, 5) is 29.9. The fourth-order valence-electron chi connectivity index (χ4n) is 2.95. The number of amides is 1. The molecule has 0 aliphatic heterocycles. The lowest BCUT2D eigenvalue weighted by molar-refractivity contribution is -0.137. The van der Waals surface area contributed by atoms with Crippen molar-refractivity contribution in [3.63, 3.8) is 0 Å². The van der Waals surface area contributed by atoms with Gasteiger partial charge in [-0.05, 0) is 38.1 Å². The highest BCUT2D eigenvalue weighted by Crippen LogP contribution is 2.33. The summed E-state index contributed by atoms with van der Waals surface area (Å²) in [6.07, 6.45) is -0.351. The maximum atomic E-state index is 13.2. The van der Waals surface area contributed by atoms with Gasteiger partial charge in [-0.2, -0.15) is 23.0 Å². The molecule has 2 aromatic heterocycles. The van der Waals surface area contributed by atoms with E-state index < -0.39 is 23.7 Å². The van der Waals surface area contributed by atoms with Crippen molar-refractivity contribution in [2.75, 3.05) is 6.54 Å². The molecular formula is C19H16F3N7O. The van der Waals surface area contributed by atoms with Crippen LogP contribution in [0.2, 0.25) is 0 Å². The van der Waals surface area contributed by atoms with E-state index >= 15 is 0 Å². The van der Waals surface area contributed by atoms with Crippen LogP contribution in [0, 0.1) is 6.57 Å². The number of rotatable bonds is 5. The van der Waals surface area contributed by atoms with Gasteiger partial charge in [0.1, 0.15) is 6.33 Å². The van der Waals surface area contributed by atoms with Gasteiger partial charge in [0.05, 0.1) is 12.6 Å². The lowest BCUT2D eigenvalue weighted by Crippen LogP contribution is -2.35. The van der Waals surface area contributed by atoms with Crippen molar-refractivity contribution in [3.8, 4) is 5.95 Å². The van der Waals surface area contributed by atoms with Crippen molar-refractivity contribution in [1.29, 1.82) is 0 Å². The van der Waals surface area contributed by atoms with E-state index in [-0.39, 0.29) is 23.7 Å². The van der Waals surface area contributed by atoms with Crippen molar-refractivity contribution in [1.82, 2.24) is 29.6 Å². The topological polar surface area (TPSA) is 81.2 Å². The molecule has 0 aliphatic carbocycles. The Morgan fingerprint density at radius 3 is 2.53 bits per heavy atom. The Bertz CT molecular complexity index is 1090. The molecule has 1 unspecified atom stereocenters. The second kappa shape index (κ2) is 8.28. The van der Waals surface area contributed by atoms with Crippen molar-refractivity contribution >= 4 is 11.6 Å². The van der Waals surface area contributed by atoms with E-state index in [1.165, 1.54) is 28.3 Å². The minimum Gasteiger partial charge on any atom is -0.329 e. The van der Waals surface area contributed by atoms with Gasteiger partial charge in [0.2, 0.25) is 0 Å². The minimum atomic E-state index is -4.68. The average Bonchev–Trinajstić information content (AvgIpc) is 3.23. The van der Waals surface area contributed by atoms with Crippen LogP contribution < -0.4 is 0 Å². The predicted molar refractivity (Wildman–Crippen MR) is 99.8 cm³/mol. The molecule has 0 saturated heterocycles. The summed E-state index contributed by atoms with van der Waals surface area (Å²) in [6, 6.07) is 3.59. The van der Waals surface area contributed by atoms with Crippen LogP contribution in [0.25, 0.3) is 10.8 Å². The number of halogens is 3. The first-order valence-electron chi connectivity index (χ1n) is 8.84. The van der Waals surface area contributed by atoms with Crippen LogP contribution in [-0.2, 0) is 6.18 Å². The zero-order chi connectivity index (χ0) is 21.9. The predicted octanol–water partition coefficient (Wildman–Crippen LogP) is 3.85. The van der Waals surface area contributed by atoms with Crippen LogP contribution in [0.1, 0.15) is 41.6 Å². The van der Waals surface area contributed by atoms with Crippen molar-refractivity contribution in [2.45, 2.75) is 26.1 Å². The molecule has 0 fully saturated rings. The van der Waals surface area contributed by atoms with E-state index in [2.05, 4.69) is 24.9 Å². The first kappa shape index (κ1) is 20.9. The third-order valence-corrected chi connectivity index (χ3v) is 4.38. The highest BCUT2D eigenvalue weighted by atomic mass is 19.4. The molecule has 1 amide bonds. The van der Waals surface area contributed by atoms with Crippen molar-refractivity contribution in [3.05, 3.63) is 71.4 Å². The molecule has 0 N–H and O–H groups in total. The minimum absolute atomic E-state index is 0.187. The highest BCUT2D eigenvalue weighted by Gasteiger charge is 2.33. The van der Waals surface area contributed by atoms with Gasteiger partial charge in [-0.25, -0.2) is 19.8 Å². The SMILES string of the molecule is [C-]#[N+]c1cc(C(=O)N(CC)C(C)c2ncnn2-c2ncccn2)cc(C(F)(F)F)c1. The first-order valence-corrected chi connectivity index (χ1v) is 8.84. The van der Waals surface area contributed by atoms with E-state index in [0.29, 0.717) is 11.9 Å². The number of hydrogen-bond donors (Lipinski definition) is 0. The fraction of sp³-hybridized carbons (Fsp3) is 0.263. The van der Waals surface area contributed by atoms with Gasteiger partial charge in [-0.1, -0.05) is 0 Å². The van der Waals surface area contributed by atoms with Crippen LogP contribution in [0.15, 0.2) is 43.0 Å². The summed E-state index contributed by atoms with van der Waals surface area (Å²) in [6.45, 7) is 10.6. The molecule has 0 saturated carbocycles. The quantitative estimate of drug-likeness (QED) is 0.592. The monoisotopic (exact) mass is 415 g/mol. The summed E-state index contributed by atoms with van der Waals surface area (Å²) >= 11 is 0. The zero-order valence-corrected chi connectivity index (χ0v) is 16.0. The highest BCUT2D eigenvalue weighted by molar-refractivity contribution is 5.95. The van der Waals surface area contributed by atoms with Gasteiger partial charge < -0.3 is 4.90 Å². The summed E-state index contributed by atoms with van der Waals surface area (Å²) in [5, 5.41) is 4.08. The molecule has 0 spiro atoms. The number of benzene rings is 1. The largest absolute Gasteiger partial charge is 0.415 e. The zero-order valence-electron chi connectivity index (χ0n) is 16.0. The van der Waals surface area contributed by atoms with E-state index in [4.69, 9.17) is 6.57 Å². The molecule has 0 aliphatic rings. The van der Waals surface area contributed by atoms with E-state index in [9.17, 15) is 18.0 Å². The van der Waals surface area contributed by atoms with E-state index in [1.807, 2.05) is 0 Å². The molecule has 3 rings (SSSR count). The molecule has 2 heterocycles. The molecule has 0 bridgehead atoms. The number of carbonyl (C=O) groups is 1. The van der Waals surface area contributed by atoms with Crippen LogP contribution in [0.4, 0.5) is 18.9 Å². The smallest absolute Gasteiger partial charge is 0.329 e. The maximum Gasteiger partial charge on any atom is 0.415 e. The third kappa shape index (κ3) is 4.12. The second-order valence-corrected chi connectivity index (χ2v) is 6.22. The van der Waals surface area contributed by atoms with Crippen LogP contribution >= 0.6 is 0 Å². The first-order chi connectivity index (χ1) is 14.3. The van der Waals surface area contributed by atoms with Crippen LogP contribution in [-0.4, -0.2) is 42.1 Å². The van der Waals surface area contributed by atoms with Gasteiger partial charge >= 0.3 is 6.18 Å². The Morgan fingerprint density at radius 1 is 1.23 bits per heavy atom. The van der Waals surface area contributed by atoms with Gasteiger partial charge in [-0.15, -0.1) is 0 Å². The van der Waals surface area contributed by atoms with Gasteiger partial charge in [0, 0.05) is 30.1 Å². The summed E-state index contributed by atoms with van der Waals surface area (Å²) < 4.78 is 40.9. The molecule has 1 atom stereocenters. The second-order valence-electron chi connectivity index (χ2n) is 6.22. The van der Waals surface area contributed by atoms with Crippen LogP contribution in [0.3, 0.4) is 0 Å². The van der Waals surface area contributed by atoms with Gasteiger partial charge in [-0.3, -0.25) is 4.79 Å². The number of hydrogen-bond acceptors (Lipinski definition) is 5. The van der Waals surface area contributed by atoms with E-state index in [1.54, 1.807) is 19.9 Å². The Balaban J connectivity index is 1.99. The van der Waals surface area contributed by atoms with E-state index in [0.717, 1.165) is 12.1 Å². The van der Waals surface area contributed by atoms with Crippen molar-refractivity contribution < 1.29 is 18.0 Å². The number of carbonyl (C=O) groups excluding carboxylic acids is 1. The van der Waals surface area contributed by atoms with Gasteiger partial charge in [0.25, 0.3) is 11.9 Å². The Labute approximate surface area is 169 Å². The third-order valence-electron chi connectivity index (χ3n) is 4.38. The normalized spacial score (nSPS) is 12.3. The number of nitrogens with zero attached hydrogens (tertiary/aromatic N) is 7. The Morgan fingerprint density at radius 2 is 1.93 bits per heavy atom. The number of aromatic nitrogens is 5. The molecule has 1 aromatic carbocycles. The average molecular weight is 415 g/mol. The molecule has 30 heavy (non-hydrogen) atoms. The summed E-state index contributed by atoms with van der Waals surface area (Å²) in [5.74, 6) is -0.0759. The molecule has 8 nitrogen and oxygen atoms in total. The molecule has 11 heteroatoms. The fourth-order valence-corrected chi connectivity index (χ4v) is 2.95. The van der Waals surface area contributed by atoms with Crippen LogP contribution in [0.5, 0.6) is 0 Å².